The van der Waals surface area contributed by atoms with Crippen LogP contribution in [0.15, 0.2) is 22.6 Å². The lowest BCUT2D eigenvalue weighted by Crippen LogP contribution is -2.26. The second-order valence-electron chi connectivity index (χ2n) is 5.58. The maximum absolute atomic E-state index is 12.8. The molecule has 0 saturated carbocycles. The minimum atomic E-state index is -3.69. The van der Waals surface area contributed by atoms with Crippen LogP contribution in [0.3, 0.4) is 0 Å². The molecule has 0 N–H and O–H groups in total. The van der Waals surface area contributed by atoms with Crippen molar-refractivity contribution in [2.45, 2.75) is 45.8 Å². The van der Waals surface area contributed by atoms with Crippen LogP contribution in [0.4, 0.5) is 8.78 Å². The van der Waals surface area contributed by atoms with Gasteiger partial charge in [-0.05, 0) is 45.7 Å². The number of sulfonamides is 1. The van der Waals surface area contributed by atoms with Gasteiger partial charge in [0.05, 0.1) is 10.5 Å². The third kappa shape index (κ3) is 3.42. The van der Waals surface area contributed by atoms with Crippen LogP contribution < -0.4 is 0 Å². The highest BCUT2D eigenvalue weighted by Gasteiger charge is 2.29. The van der Waals surface area contributed by atoms with Gasteiger partial charge in [0.2, 0.25) is 0 Å². The zero-order chi connectivity index (χ0) is 15.7. The minimum Gasteiger partial charge on any atom is -0.205 e. The highest BCUT2D eigenvalue weighted by Crippen LogP contribution is 2.26. The zero-order valence-corrected chi connectivity index (χ0v) is 13.1. The molecule has 0 aliphatic carbocycles. The maximum Gasteiger partial charge on any atom is 0.264 e. The molecular weight excluding hydrogens is 284 g/mol. The lowest BCUT2D eigenvalue weighted by molar-refractivity contribution is 0.150. The molecule has 3 nitrogen and oxygen atoms in total. The zero-order valence-electron chi connectivity index (χ0n) is 12.2. The smallest absolute Gasteiger partial charge is 0.205 e. The van der Waals surface area contributed by atoms with Crippen molar-refractivity contribution in [2.24, 2.45) is 4.40 Å². The van der Waals surface area contributed by atoms with E-state index in [1.54, 1.807) is 33.8 Å². The summed E-state index contributed by atoms with van der Waals surface area (Å²) in [7, 11) is -3.69. The molecule has 112 valence electrons. The van der Waals surface area contributed by atoms with E-state index in [0.717, 1.165) is 0 Å². The molecule has 0 aliphatic heterocycles. The lowest BCUT2D eigenvalue weighted by atomic mass is 10.00. The number of halogens is 2. The number of benzene rings is 1. The molecule has 0 unspecified atom stereocenters. The van der Waals surface area contributed by atoms with E-state index in [2.05, 4.69) is 4.40 Å². The third-order valence-corrected chi connectivity index (χ3v) is 5.09. The first-order chi connectivity index (χ1) is 8.97. The third-order valence-electron chi connectivity index (χ3n) is 3.03. The normalized spacial score (nSPS) is 13.9. The van der Waals surface area contributed by atoms with Gasteiger partial charge in [0.25, 0.3) is 16.4 Å². The summed E-state index contributed by atoms with van der Waals surface area (Å²) >= 11 is 0. The molecule has 0 aliphatic rings. The topological polar surface area (TPSA) is 46.5 Å². The first kappa shape index (κ1) is 16.8. The first-order valence-corrected chi connectivity index (χ1v) is 7.60. The van der Waals surface area contributed by atoms with Crippen molar-refractivity contribution in [3.05, 3.63) is 34.9 Å². The van der Waals surface area contributed by atoms with Crippen LogP contribution in [0.1, 0.15) is 50.8 Å². The van der Waals surface area contributed by atoms with E-state index in [0.29, 0.717) is 11.1 Å². The quantitative estimate of drug-likeness (QED) is 0.796. The molecule has 0 radical (unpaired) electrons. The second kappa shape index (κ2) is 5.60. The summed E-state index contributed by atoms with van der Waals surface area (Å²) in [6.45, 7) is 7.69. The summed E-state index contributed by atoms with van der Waals surface area (Å²) in [5, 5.41) is 0. The van der Waals surface area contributed by atoms with E-state index in [-0.39, 0.29) is 11.3 Å². The molecule has 6 heteroatoms. The Morgan fingerprint density at radius 2 is 1.80 bits per heavy atom. The van der Waals surface area contributed by atoms with E-state index in [1.807, 2.05) is 0 Å². The number of nitrogens with zero attached hydrogens (tertiary/aromatic N) is 1. The fraction of sp³-hybridized carbons (Fsp3) is 0.500. The predicted octanol–water partition coefficient (Wildman–Crippen LogP) is 3.87. The molecule has 0 atom stereocenters. The van der Waals surface area contributed by atoms with Crippen LogP contribution in [0, 0.1) is 6.92 Å². The predicted molar refractivity (Wildman–Crippen MR) is 77.0 cm³/mol. The van der Waals surface area contributed by atoms with Crippen molar-refractivity contribution in [3.63, 3.8) is 0 Å². The Morgan fingerprint density at radius 3 is 2.25 bits per heavy atom. The highest BCUT2D eigenvalue weighted by molar-refractivity contribution is 7.91. The Morgan fingerprint density at radius 1 is 1.25 bits per heavy atom. The van der Waals surface area contributed by atoms with Crippen LogP contribution in [0.2, 0.25) is 0 Å². The van der Waals surface area contributed by atoms with Gasteiger partial charge in [-0.3, -0.25) is 0 Å². The molecule has 0 heterocycles. The van der Waals surface area contributed by atoms with Crippen LogP contribution in [0.25, 0.3) is 0 Å². The van der Waals surface area contributed by atoms with Gasteiger partial charge >= 0.3 is 0 Å². The number of rotatable bonds is 3. The van der Waals surface area contributed by atoms with Crippen LogP contribution in [0.5, 0.6) is 0 Å². The van der Waals surface area contributed by atoms with Gasteiger partial charge in [0.15, 0.2) is 0 Å². The van der Waals surface area contributed by atoms with Crippen molar-refractivity contribution in [3.8, 4) is 0 Å². The SMILES string of the molecule is C/C(=N\S(=O)(=O)C(C)(C)C)c1cccc(C(F)F)c1C. The number of alkyl halides is 2. The molecule has 0 aromatic heterocycles. The lowest BCUT2D eigenvalue weighted by Gasteiger charge is -2.16. The molecule has 1 aromatic rings. The Bertz CT molecular complexity index is 629. The van der Waals surface area contributed by atoms with E-state index in [9.17, 15) is 17.2 Å². The molecule has 1 rings (SSSR count). The maximum atomic E-state index is 12.8. The van der Waals surface area contributed by atoms with Crippen molar-refractivity contribution in [2.75, 3.05) is 0 Å². The van der Waals surface area contributed by atoms with Crippen LogP contribution >= 0.6 is 0 Å². The summed E-state index contributed by atoms with van der Waals surface area (Å²) in [5.41, 5.74) is 0.897. The largest absolute Gasteiger partial charge is 0.264 e. The number of hydrogen-bond acceptors (Lipinski definition) is 2. The average molecular weight is 303 g/mol. The van der Waals surface area contributed by atoms with Gasteiger partial charge in [0.1, 0.15) is 0 Å². The minimum absolute atomic E-state index is 0.106. The summed E-state index contributed by atoms with van der Waals surface area (Å²) in [5.74, 6) is 0. The average Bonchev–Trinajstić information content (AvgIpc) is 2.26. The van der Waals surface area contributed by atoms with Crippen LogP contribution in [-0.2, 0) is 10.0 Å². The van der Waals surface area contributed by atoms with Gasteiger partial charge in [-0.15, -0.1) is 0 Å². The summed E-state index contributed by atoms with van der Waals surface area (Å²) in [6.07, 6.45) is -2.60. The molecule has 0 spiro atoms. The van der Waals surface area contributed by atoms with Gasteiger partial charge in [-0.1, -0.05) is 18.2 Å². The van der Waals surface area contributed by atoms with Gasteiger partial charge < -0.3 is 0 Å². The summed E-state index contributed by atoms with van der Waals surface area (Å²) in [4.78, 5) is 0. The molecule has 0 amide bonds. The standard InChI is InChI=1S/C14H19F2NO2S/c1-9-11(7-6-8-12(9)13(15)16)10(2)17-20(18,19)14(3,4)5/h6-8,13H,1-5H3/b17-10+. The first-order valence-electron chi connectivity index (χ1n) is 6.16. The summed E-state index contributed by atoms with van der Waals surface area (Å²) in [6, 6.07) is 4.40. The fourth-order valence-electron chi connectivity index (χ4n) is 1.65. The molecule has 0 fully saturated rings. The monoisotopic (exact) mass is 303 g/mol. The van der Waals surface area contributed by atoms with Crippen molar-refractivity contribution in [1.82, 2.24) is 0 Å². The van der Waals surface area contributed by atoms with E-state index >= 15 is 0 Å². The fourth-order valence-corrected chi connectivity index (χ4v) is 2.38. The molecule has 20 heavy (non-hydrogen) atoms. The molecule has 1 aromatic carbocycles. The Labute approximate surface area is 118 Å². The van der Waals surface area contributed by atoms with Crippen LogP contribution in [-0.4, -0.2) is 18.9 Å². The molecular formula is C14H19F2NO2S. The molecule has 0 bridgehead atoms. The van der Waals surface area contributed by atoms with Gasteiger partial charge in [0, 0.05) is 5.56 Å². The van der Waals surface area contributed by atoms with Crippen molar-refractivity contribution in [1.29, 1.82) is 0 Å². The van der Waals surface area contributed by atoms with E-state index in [4.69, 9.17) is 0 Å². The Hall–Kier alpha value is -1.30. The van der Waals surface area contributed by atoms with Crippen molar-refractivity contribution >= 4 is 15.7 Å². The van der Waals surface area contributed by atoms with Crippen molar-refractivity contribution < 1.29 is 17.2 Å². The highest BCUT2D eigenvalue weighted by atomic mass is 32.2. The Kier molecular flexibility index (Phi) is 4.69. The summed E-state index contributed by atoms with van der Waals surface area (Å²) < 4.78 is 52.5. The van der Waals surface area contributed by atoms with Gasteiger partial charge in [-0.25, -0.2) is 17.2 Å². The Balaban J connectivity index is 3.37. The molecule has 0 saturated heterocycles. The second-order valence-corrected chi connectivity index (χ2v) is 7.94. The van der Waals surface area contributed by atoms with E-state index < -0.39 is 21.2 Å². The van der Waals surface area contributed by atoms with Gasteiger partial charge in [-0.2, -0.15) is 4.40 Å². The number of hydrogen-bond donors (Lipinski definition) is 0. The van der Waals surface area contributed by atoms with E-state index in [1.165, 1.54) is 19.1 Å².